The zero-order valence-corrected chi connectivity index (χ0v) is 11.6. The first kappa shape index (κ1) is 13.9. The van der Waals surface area contributed by atoms with Gasteiger partial charge in [0.15, 0.2) is 0 Å². The molecule has 3 N–H and O–H groups in total. The molecule has 0 spiro atoms. The SMILES string of the molecule is Cc1cccc(S(=O)(=O)Nc2ccc(C#N)cc2N)c1. The van der Waals surface area contributed by atoms with Crippen LogP contribution in [-0.2, 0) is 10.0 Å². The minimum atomic E-state index is -3.69. The van der Waals surface area contributed by atoms with Crippen LogP contribution < -0.4 is 10.5 Å². The second kappa shape index (κ2) is 5.23. The molecule has 2 aromatic rings. The molecule has 0 atom stereocenters. The number of hydrogen-bond acceptors (Lipinski definition) is 4. The molecule has 0 heterocycles. The molecule has 20 heavy (non-hydrogen) atoms. The summed E-state index contributed by atoms with van der Waals surface area (Å²) in [4.78, 5) is 0.168. The summed E-state index contributed by atoms with van der Waals surface area (Å²) < 4.78 is 26.9. The van der Waals surface area contributed by atoms with Gasteiger partial charge >= 0.3 is 0 Å². The predicted molar refractivity (Wildman–Crippen MR) is 77.6 cm³/mol. The molecule has 5 nitrogen and oxygen atoms in total. The van der Waals surface area contributed by atoms with Crippen LogP contribution in [0.3, 0.4) is 0 Å². The highest BCUT2D eigenvalue weighted by Crippen LogP contribution is 2.23. The van der Waals surface area contributed by atoms with E-state index in [2.05, 4.69) is 4.72 Å². The lowest BCUT2D eigenvalue weighted by Crippen LogP contribution is -2.14. The van der Waals surface area contributed by atoms with E-state index in [1.807, 2.05) is 19.1 Å². The minimum Gasteiger partial charge on any atom is -0.397 e. The normalized spacial score (nSPS) is 10.8. The Morgan fingerprint density at radius 2 is 1.95 bits per heavy atom. The van der Waals surface area contributed by atoms with Gasteiger partial charge in [0.1, 0.15) is 0 Å². The van der Waals surface area contributed by atoms with Gasteiger partial charge in [-0.2, -0.15) is 5.26 Å². The summed E-state index contributed by atoms with van der Waals surface area (Å²) in [7, 11) is -3.69. The van der Waals surface area contributed by atoms with Gasteiger partial charge in [0.2, 0.25) is 0 Å². The first-order chi connectivity index (χ1) is 9.42. The van der Waals surface area contributed by atoms with Crippen molar-refractivity contribution >= 4 is 21.4 Å². The second-order valence-corrected chi connectivity index (χ2v) is 6.02. The summed E-state index contributed by atoms with van der Waals surface area (Å²) in [5.41, 5.74) is 7.42. The number of nitriles is 1. The van der Waals surface area contributed by atoms with Crippen molar-refractivity contribution in [2.45, 2.75) is 11.8 Å². The molecule has 0 aliphatic heterocycles. The Bertz CT molecular complexity index is 792. The van der Waals surface area contributed by atoms with Crippen molar-refractivity contribution in [1.82, 2.24) is 0 Å². The number of nitrogens with two attached hydrogens (primary N) is 1. The third-order valence-corrected chi connectivity index (χ3v) is 4.09. The van der Waals surface area contributed by atoms with Crippen molar-refractivity contribution in [2.24, 2.45) is 0 Å². The first-order valence-electron chi connectivity index (χ1n) is 5.81. The monoisotopic (exact) mass is 287 g/mol. The largest absolute Gasteiger partial charge is 0.397 e. The molecule has 0 amide bonds. The van der Waals surface area contributed by atoms with Crippen molar-refractivity contribution in [3.05, 3.63) is 53.6 Å². The lowest BCUT2D eigenvalue weighted by atomic mass is 10.2. The van der Waals surface area contributed by atoms with Crippen molar-refractivity contribution in [2.75, 3.05) is 10.5 Å². The third-order valence-electron chi connectivity index (χ3n) is 2.72. The average Bonchev–Trinajstić information content (AvgIpc) is 2.41. The number of nitrogens with zero attached hydrogens (tertiary/aromatic N) is 1. The molecule has 0 unspecified atom stereocenters. The molecule has 6 heteroatoms. The van der Waals surface area contributed by atoms with Gasteiger partial charge in [-0.25, -0.2) is 8.42 Å². The summed E-state index contributed by atoms with van der Waals surface area (Å²) in [6.45, 7) is 1.81. The van der Waals surface area contributed by atoms with Gasteiger partial charge in [0.05, 0.1) is 27.9 Å². The van der Waals surface area contributed by atoms with Gasteiger partial charge < -0.3 is 5.73 Å². The van der Waals surface area contributed by atoms with Gasteiger partial charge in [-0.1, -0.05) is 12.1 Å². The van der Waals surface area contributed by atoms with Crippen molar-refractivity contribution < 1.29 is 8.42 Å². The molecule has 2 aromatic carbocycles. The van der Waals surface area contributed by atoms with E-state index >= 15 is 0 Å². The maximum Gasteiger partial charge on any atom is 0.261 e. The molecule has 0 fully saturated rings. The van der Waals surface area contributed by atoms with E-state index in [1.165, 1.54) is 24.3 Å². The Labute approximate surface area is 117 Å². The third kappa shape index (κ3) is 2.90. The maximum atomic E-state index is 12.2. The predicted octanol–water partition coefficient (Wildman–Crippen LogP) is 2.25. The van der Waals surface area contributed by atoms with E-state index < -0.39 is 10.0 Å². The van der Waals surface area contributed by atoms with Gasteiger partial charge in [0.25, 0.3) is 10.0 Å². The smallest absolute Gasteiger partial charge is 0.261 e. The lowest BCUT2D eigenvalue weighted by Gasteiger charge is -2.10. The lowest BCUT2D eigenvalue weighted by molar-refractivity contribution is 0.601. The van der Waals surface area contributed by atoms with E-state index in [1.54, 1.807) is 12.1 Å². The van der Waals surface area contributed by atoms with Crippen molar-refractivity contribution in [1.29, 1.82) is 5.26 Å². The summed E-state index contributed by atoms with van der Waals surface area (Å²) in [6.07, 6.45) is 0. The van der Waals surface area contributed by atoms with Crippen LogP contribution in [0.25, 0.3) is 0 Å². The standard InChI is InChI=1S/C14H13N3O2S/c1-10-3-2-4-12(7-10)20(18,19)17-14-6-5-11(9-15)8-13(14)16/h2-8,17H,16H2,1H3. The van der Waals surface area contributed by atoms with Crippen LogP contribution in [-0.4, -0.2) is 8.42 Å². The van der Waals surface area contributed by atoms with Crippen LogP contribution in [0.1, 0.15) is 11.1 Å². The van der Waals surface area contributed by atoms with Crippen LogP contribution in [0.15, 0.2) is 47.4 Å². The first-order valence-corrected chi connectivity index (χ1v) is 7.30. The molecule has 0 bridgehead atoms. The Balaban J connectivity index is 2.36. The fraction of sp³-hybridized carbons (Fsp3) is 0.0714. The van der Waals surface area contributed by atoms with Crippen molar-refractivity contribution in [3.8, 4) is 6.07 Å². The van der Waals surface area contributed by atoms with E-state index in [9.17, 15) is 8.42 Å². The van der Waals surface area contributed by atoms with E-state index in [0.29, 0.717) is 5.56 Å². The van der Waals surface area contributed by atoms with Crippen LogP contribution in [0.2, 0.25) is 0 Å². The van der Waals surface area contributed by atoms with Crippen LogP contribution in [0.4, 0.5) is 11.4 Å². The Hall–Kier alpha value is -2.52. The van der Waals surface area contributed by atoms with Crippen molar-refractivity contribution in [3.63, 3.8) is 0 Å². The van der Waals surface area contributed by atoms with E-state index in [4.69, 9.17) is 11.0 Å². The minimum absolute atomic E-state index is 0.168. The number of aryl methyl sites for hydroxylation is 1. The maximum absolute atomic E-state index is 12.2. The number of nitrogen functional groups attached to an aromatic ring is 1. The summed E-state index contributed by atoms with van der Waals surface area (Å²) in [6, 6.07) is 12.9. The van der Waals surface area contributed by atoms with Gasteiger partial charge in [-0.05, 0) is 42.8 Å². The molecule has 0 saturated heterocycles. The number of hydrogen-bond donors (Lipinski definition) is 2. The fourth-order valence-corrected chi connectivity index (χ4v) is 2.90. The molecule has 0 radical (unpaired) electrons. The van der Waals surface area contributed by atoms with Gasteiger partial charge in [-0.15, -0.1) is 0 Å². The summed E-state index contributed by atoms with van der Waals surface area (Å²) in [5, 5.41) is 8.75. The van der Waals surface area contributed by atoms with Crippen LogP contribution in [0.5, 0.6) is 0 Å². The average molecular weight is 287 g/mol. The zero-order valence-electron chi connectivity index (χ0n) is 10.8. The molecule has 102 valence electrons. The number of rotatable bonds is 3. The molecular formula is C14H13N3O2S. The highest BCUT2D eigenvalue weighted by atomic mass is 32.2. The number of nitrogens with one attached hydrogen (secondary N) is 1. The molecule has 0 saturated carbocycles. The fourth-order valence-electron chi connectivity index (χ4n) is 1.71. The van der Waals surface area contributed by atoms with Crippen LogP contribution in [0, 0.1) is 18.3 Å². The number of anilines is 2. The Morgan fingerprint density at radius 3 is 2.55 bits per heavy atom. The highest BCUT2D eigenvalue weighted by molar-refractivity contribution is 7.92. The quantitative estimate of drug-likeness (QED) is 0.846. The molecular weight excluding hydrogens is 274 g/mol. The summed E-state index contributed by atoms with van der Waals surface area (Å²) in [5.74, 6) is 0. The zero-order chi connectivity index (χ0) is 14.8. The van der Waals surface area contributed by atoms with Gasteiger partial charge in [-0.3, -0.25) is 4.72 Å². The van der Waals surface area contributed by atoms with Crippen LogP contribution >= 0.6 is 0 Å². The van der Waals surface area contributed by atoms with E-state index in [-0.39, 0.29) is 16.3 Å². The summed E-state index contributed by atoms with van der Waals surface area (Å²) >= 11 is 0. The molecule has 0 aliphatic carbocycles. The van der Waals surface area contributed by atoms with Gasteiger partial charge in [0, 0.05) is 0 Å². The second-order valence-electron chi connectivity index (χ2n) is 4.34. The molecule has 0 aliphatic rings. The number of sulfonamides is 1. The van der Waals surface area contributed by atoms with E-state index in [0.717, 1.165) is 5.56 Å². The Kier molecular flexibility index (Phi) is 3.63. The highest BCUT2D eigenvalue weighted by Gasteiger charge is 2.15. The Morgan fingerprint density at radius 1 is 1.20 bits per heavy atom. The molecule has 2 rings (SSSR count). The number of benzene rings is 2. The topological polar surface area (TPSA) is 96.0 Å². The molecule has 0 aromatic heterocycles.